The molecule has 0 radical (unpaired) electrons. The van der Waals surface area contributed by atoms with E-state index >= 15 is 0 Å². The number of hydrogen-bond acceptors (Lipinski definition) is 3. The normalized spacial score (nSPS) is 9.75. The van der Waals surface area contributed by atoms with E-state index in [2.05, 4.69) is 18.4 Å². The van der Waals surface area contributed by atoms with Gasteiger partial charge in [0, 0.05) is 6.72 Å². The molecule has 0 rings (SSSR count). The number of hydrazone groups is 1. The molecular formula is C8H12N2O2. The van der Waals surface area contributed by atoms with Crippen LogP contribution >= 0.6 is 0 Å². The van der Waals surface area contributed by atoms with Crippen LogP contribution in [-0.2, 0) is 4.79 Å². The summed E-state index contributed by atoms with van der Waals surface area (Å²) in [5.74, 6) is -0.965. The molecule has 12 heavy (non-hydrogen) atoms. The lowest BCUT2D eigenvalue weighted by Gasteiger charge is -2.15. The molecule has 4 heteroatoms. The summed E-state index contributed by atoms with van der Waals surface area (Å²) in [5.41, 5.74) is 0.509. The molecular weight excluding hydrogens is 156 g/mol. The topological polar surface area (TPSA) is 52.9 Å². The van der Waals surface area contributed by atoms with Gasteiger partial charge in [0.2, 0.25) is 0 Å². The average Bonchev–Trinajstić information content (AvgIpc) is 2.00. The van der Waals surface area contributed by atoms with Gasteiger partial charge in [0.25, 0.3) is 0 Å². The molecule has 0 spiro atoms. The molecule has 0 unspecified atom stereocenters. The van der Waals surface area contributed by atoms with Crippen molar-refractivity contribution in [1.29, 1.82) is 0 Å². The standard InChI is InChI=1S/C8H12N2O2/c1-4-5-7(2)10(9-3)6-8(11)12/h4-5H,2-3,6H2,1H3,(H,11,12)/b5-4-. The highest BCUT2D eigenvalue weighted by molar-refractivity contribution is 5.69. The van der Waals surface area contributed by atoms with Crippen molar-refractivity contribution in [3.8, 4) is 0 Å². The SMILES string of the molecule is C=NN(CC(=O)O)C(=C)/C=C\C. The third-order valence-electron chi connectivity index (χ3n) is 1.15. The van der Waals surface area contributed by atoms with Gasteiger partial charge in [-0.1, -0.05) is 12.7 Å². The number of carboxylic acids is 1. The van der Waals surface area contributed by atoms with E-state index in [0.717, 1.165) is 0 Å². The number of carboxylic acid groups (broad SMARTS) is 1. The Kier molecular flexibility index (Phi) is 4.45. The second kappa shape index (κ2) is 5.12. The minimum atomic E-state index is -0.965. The molecule has 0 bridgehead atoms. The molecule has 66 valence electrons. The third kappa shape index (κ3) is 3.55. The molecule has 0 aromatic rings. The quantitative estimate of drug-likeness (QED) is 0.379. The minimum Gasteiger partial charge on any atom is -0.480 e. The highest BCUT2D eigenvalue weighted by Gasteiger charge is 2.06. The van der Waals surface area contributed by atoms with E-state index in [0.29, 0.717) is 5.70 Å². The molecule has 0 aromatic carbocycles. The Morgan fingerprint density at radius 1 is 1.75 bits per heavy atom. The van der Waals surface area contributed by atoms with E-state index in [9.17, 15) is 4.79 Å². The number of allylic oxidation sites excluding steroid dienone is 2. The summed E-state index contributed by atoms with van der Waals surface area (Å²) in [6, 6.07) is 0. The molecule has 0 saturated heterocycles. The molecule has 0 heterocycles. The molecule has 0 aliphatic carbocycles. The van der Waals surface area contributed by atoms with E-state index in [-0.39, 0.29) is 6.54 Å². The number of nitrogens with zero attached hydrogens (tertiary/aromatic N) is 2. The van der Waals surface area contributed by atoms with Crippen LogP contribution in [0.4, 0.5) is 0 Å². The fraction of sp³-hybridized carbons (Fsp3) is 0.250. The van der Waals surface area contributed by atoms with E-state index in [1.165, 1.54) is 5.01 Å². The molecule has 0 aromatic heterocycles. The fourth-order valence-corrected chi connectivity index (χ4v) is 0.649. The Hall–Kier alpha value is -1.58. The molecule has 0 saturated carbocycles. The lowest BCUT2D eigenvalue weighted by Crippen LogP contribution is -2.22. The van der Waals surface area contributed by atoms with Crippen molar-refractivity contribution in [2.45, 2.75) is 6.92 Å². The maximum absolute atomic E-state index is 10.3. The first-order valence-corrected chi connectivity index (χ1v) is 3.39. The average molecular weight is 168 g/mol. The number of rotatable bonds is 5. The predicted octanol–water partition coefficient (Wildman–Crippen LogP) is 1.08. The Morgan fingerprint density at radius 3 is 2.67 bits per heavy atom. The van der Waals surface area contributed by atoms with E-state index in [4.69, 9.17) is 5.11 Å². The second-order valence-corrected chi connectivity index (χ2v) is 2.08. The van der Waals surface area contributed by atoms with Gasteiger partial charge in [-0.2, -0.15) is 5.10 Å². The largest absolute Gasteiger partial charge is 0.480 e. The third-order valence-corrected chi connectivity index (χ3v) is 1.15. The highest BCUT2D eigenvalue weighted by atomic mass is 16.4. The predicted molar refractivity (Wildman–Crippen MR) is 47.8 cm³/mol. The monoisotopic (exact) mass is 168 g/mol. The van der Waals surface area contributed by atoms with Crippen LogP contribution in [0.1, 0.15) is 6.92 Å². The van der Waals surface area contributed by atoms with Crippen LogP contribution < -0.4 is 0 Å². The van der Waals surface area contributed by atoms with Gasteiger partial charge >= 0.3 is 5.97 Å². The summed E-state index contributed by atoms with van der Waals surface area (Å²) in [6.07, 6.45) is 3.42. The van der Waals surface area contributed by atoms with Crippen molar-refractivity contribution >= 4 is 12.7 Å². The molecule has 4 nitrogen and oxygen atoms in total. The van der Waals surface area contributed by atoms with Gasteiger partial charge in [0.15, 0.2) is 0 Å². The van der Waals surface area contributed by atoms with Crippen molar-refractivity contribution in [2.75, 3.05) is 6.54 Å². The van der Waals surface area contributed by atoms with Crippen LogP contribution in [0.2, 0.25) is 0 Å². The Morgan fingerprint density at radius 2 is 2.33 bits per heavy atom. The van der Waals surface area contributed by atoms with E-state index < -0.39 is 5.97 Å². The van der Waals surface area contributed by atoms with Crippen molar-refractivity contribution < 1.29 is 9.90 Å². The molecule has 0 amide bonds. The number of aliphatic carboxylic acids is 1. The Balaban J connectivity index is 4.24. The number of hydrogen-bond donors (Lipinski definition) is 1. The second-order valence-electron chi connectivity index (χ2n) is 2.08. The van der Waals surface area contributed by atoms with Crippen LogP contribution in [0.3, 0.4) is 0 Å². The highest BCUT2D eigenvalue weighted by Crippen LogP contribution is 2.02. The molecule has 0 fully saturated rings. The summed E-state index contributed by atoms with van der Waals surface area (Å²) in [5, 5.41) is 13.1. The lowest BCUT2D eigenvalue weighted by molar-refractivity contribution is -0.137. The van der Waals surface area contributed by atoms with E-state index in [1.54, 1.807) is 12.2 Å². The van der Waals surface area contributed by atoms with Crippen molar-refractivity contribution in [2.24, 2.45) is 5.10 Å². The molecule has 0 atom stereocenters. The zero-order chi connectivity index (χ0) is 9.56. The van der Waals surface area contributed by atoms with Gasteiger partial charge in [-0.25, -0.2) is 0 Å². The van der Waals surface area contributed by atoms with Gasteiger partial charge < -0.3 is 5.11 Å². The van der Waals surface area contributed by atoms with E-state index in [1.807, 2.05) is 6.92 Å². The first-order valence-electron chi connectivity index (χ1n) is 3.39. The first-order chi connectivity index (χ1) is 5.61. The summed E-state index contributed by atoms with van der Waals surface area (Å²) in [7, 11) is 0. The van der Waals surface area contributed by atoms with Crippen LogP contribution in [0.5, 0.6) is 0 Å². The van der Waals surface area contributed by atoms with Crippen LogP contribution in [0.15, 0.2) is 29.5 Å². The minimum absolute atomic E-state index is 0.216. The summed E-state index contributed by atoms with van der Waals surface area (Å²) in [4.78, 5) is 10.3. The van der Waals surface area contributed by atoms with Crippen LogP contribution in [-0.4, -0.2) is 29.3 Å². The maximum Gasteiger partial charge on any atom is 0.325 e. The van der Waals surface area contributed by atoms with Crippen molar-refractivity contribution in [3.05, 3.63) is 24.4 Å². The maximum atomic E-state index is 10.3. The smallest absolute Gasteiger partial charge is 0.325 e. The van der Waals surface area contributed by atoms with Gasteiger partial charge in [-0.05, 0) is 13.0 Å². The van der Waals surface area contributed by atoms with Crippen molar-refractivity contribution in [3.63, 3.8) is 0 Å². The Labute approximate surface area is 71.5 Å². The summed E-state index contributed by atoms with van der Waals surface area (Å²) < 4.78 is 0. The summed E-state index contributed by atoms with van der Waals surface area (Å²) >= 11 is 0. The molecule has 1 N–H and O–H groups in total. The molecule has 0 aliphatic heterocycles. The van der Waals surface area contributed by atoms with Crippen molar-refractivity contribution in [1.82, 2.24) is 5.01 Å². The zero-order valence-corrected chi connectivity index (χ0v) is 7.03. The van der Waals surface area contributed by atoms with Crippen LogP contribution in [0, 0.1) is 0 Å². The van der Waals surface area contributed by atoms with Gasteiger partial charge in [-0.3, -0.25) is 9.80 Å². The van der Waals surface area contributed by atoms with Gasteiger partial charge in [0.05, 0.1) is 5.70 Å². The zero-order valence-electron chi connectivity index (χ0n) is 7.03. The first kappa shape index (κ1) is 10.4. The number of carbonyl (C=O) groups is 1. The summed E-state index contributed by atoms with van der Waals surface area (Å²) in [6.45, 7) is 8.44. The lowest BCUT2D eigenvalue weighted by atomic mass is 10.4. The fourth-order valence-electron chi connectivity index (χ4n) is 0.649. The molecule has 0 aliphatic rings. The van der Waals surface area contributed by atoms with Crippen LogP contribution in [0.25, 0.3) is 0 Å². The van der Waals surface area contributed by atoms with Gasteiger partial charge in [0.1, 0.15) is 6.54 Å². The Bertz CT molecular complexity index is 221. The van der Waals surface area contributed by atoms with Gasteiger partial charge in [-0.15, -0.1) is 0 Å².